The molecule has 2 atom stereocenters. The molecule has 0 radical (unpaired) electrons. The van der Waals surface area contributed by atoms with Gasteiger partial charge in [-0.3, -0.25) is 5.10 Å². The van der Waals surface area contributed by atoms with Crippen LogP contribution in [0, 0.1) is 12.8 Å². The third kappa shape index (κ3) is 5.45. The zero-order chi connectivity index (χ0) is 15.8. The maximum absolute atomic E-state index is 11.7. The smallest absolute Gasteiger partial charge is 0.326 e. The van der Waals surface area contributed by atoms with Gasteiger partial charge in [0.15, 0.2) is 0 Å². The Hall–Kier alpha value is -2.05. The highest BCUT2D eigenvalue weighted by Crippen LogP contribution is 2.08. The van der Waals surface area contributed by atoms with Crippen LogP contribution in [0.2, 0.25) is 0 Å². The Morgan fingerprint density at radius 3 is 2.71 bits per heavy atom. The number of aryl methyl sites for hydroxylation is 2. The number of aromatic nitrogens is 2. The standard InChI is InChI=1S/C14H24N4O3/c1-4-9(2)12(13(19)20)17-14(21)15-7-5-6-11-8-16-18-10(11)3/h8-9,12H,4-7H2,1-3H3,(H,16,18)(H,19,20)(H2,15,17,21)/t9?,12-/m0/s1. The van der Waals surface area contributed by atoms with Crippen molar-refractivity contribution in [1.82, 2.24) is 20.8 Å². The van der Waals surface area contributed by atoms with Gasteiger partial charge in [0.25, 0.3) is 0 Å². The molecule has 1 rings (SSSR count). The lowest BCUT2D eigenvalue weighted by atomic mass is 9.99. The van der Waals surface area contributed by atoms with Crippen LogP contribution >= 0.6 is 0 Å². The predicted molar refractivity (Wildman–Crippen MR) is 79.1 cm³/mol. The first-order valence-electron chi connectivity index (χ1n) is 7.21. The SMILES string of the molecule is CCC(C)[C@H](NC(=O)NCCCc1cn[nH]c1C)C(=O)O. The molecular weight excluding hydrogens is 272 g/mol. The monoisotopic (exact) mass is 296 g/mol. The molecule has 1 aromatic heterocycles. The van der Waals surface area contributed by atoms with Crippen molar-refractivity contribution in [3.8, 4) is 0 Å². The van der Waals surface area contributed by atoms with Crippen LogP contribution in [-0.2, 0) is 11.2 Å². The lowest BCUT2D eigenvalue weighted by Gasteiger charge is -2.20. The zero-order valence-corrected chi connectivity index (χ0v) is 12.8. The normalized spacial score (nSPS) is 13.5. The number of nitrogens with zero attached hydrogens (tertiary/aromatic N) is 1. The van der Waals surface area contributed by atoms with Crippen molar-refractivity contribution in [2.24, 2.45) is 5.92 Å². The molecule has 0 aliphatic carbocycles. The Morgan fingerprint density at radius 1 is 1.48 bits per heavy atom. The highest BCUT2D eigenvalue weighted by molar-refractivity contribution is 5.82. The molecular formula is C14H24N4O3. The molecule has 21 heavy (non-hydrogen) atoms. The Balaban J connectivity index is 2.30. The fourth-order valence-electron chi connectivity index (χ4n) is 1.98. The molecule has 0 aromatic carbocycles. The highest BCUT2D eigenvalue weighted by Gasteiger charge is 2.24. The van der Waals surface area contributed by atoms with Gasteiger partial charge in [-0.15, -0.1) is 0 Å². The van der Waals surface area contributed by atoms with Gasteiger partial charge in [-0.2, -0.15) is 5.10 Å². The van der Waals surface area contributed by atoms with Crippen LogP contribution in [0.5, 0.6) is 0 Å². The van der Waals surface area contributed by atoms with Crippen LogP contribution in [0.4, 0.5) is 4.79 Å². The number of urea groups is 1. The number of aliphatic carboxylic acids is 1. The minimum absolute atomic E-state index is 0.109. The first kappa shape index (κ1) is 17.0. The summed E-state index contributed by atoms with van der Waals surface area (Å²) in [6.45, 7) is 6.14. The van der Waals surface area contributed by atoms with Gasteiger partial charge in [-0.05, 0) is 31.2 Å². The van der Waals surface area contributed by atoms with E-state index < -0.39 is 18.0 Å². The molecule has 0 bridgehead atoms. The Bertz CT molecular complexity index is 473. The fraction of sp³-hybridized carbons (Fsp3) is 0.643. The Morgan fingerprint density at radius 2 is 2.19 bits per heavy atom. The molecule has 4 N–H and O–H groups in total. The van der Waals surface area contributed by atoms with Crippen LogP contribution in [0.15, 0.2) is 6.20 Å². The van der Waals surface area contributed by atoms with E-state index >= 15 is 0 Å². The molecule has 0 saturated heterocycles. The van der Waals surface area contributed by atoms with E-state index in [0.29, 0.717) is 13.0 Å². The van der Waals surface area contributed by atoms with E-state index in [-0.39, 0.29) is 5.92 Å². The molecule has 1 aromatic rings. The third-order valence-electron chi connectivity index (χ3n) is 3.61. The summed E-state index contributed by atoms with van der Waals surface area (Å²) in [5, 5.41) is 21.1. The summed E-state index contributed by atoms with van der Waals surface area (Å²) in [5.41, 5.74) is 2.15. The number of rotatable bonds is 8. The van der Waals surface area contributed by atoms with Crippen LogP contribution in [0.3, 0.4) is 0 Å². The second kappa shape index (κ2) is 8.28. The molecule has 0 spiro atoms. The first-order valence-corrected chi connectivity index (χ1v) is 7.21. The fourth-order valence-corrected chi connectivity index (χ4v) is 1.98. The number of nitrogens with one attached hydrogen (secondary N) is 3. The van der Waals surface area contributed by atoms with Crippen molar-refractivity contribution in [1.29, 1.82) is 0 Å². The number of carbonyl (C=O) groups excluding carboxylic acids is 1. The summed E-state index contributed by atoms with van der Waals surface area (Å²) < 4.78 is 0. The number of carboxylic acids is 1. The minimum atomic E-state index is -1.01. The molecule has 2 amide bonds. The molecule has 0 aliphatic rings. The van der Waals surface area contributed by atoms with Gasteiger partial charge in [-0.25, -0.2) is 9.59 Å². The maximum atomic E-state index is 11.7. The van der Waals surface area contributed by atoms with Crippen molar-refractivity contribution >= 4 is 12.0 Å². The van der Waals surface area contributed by atoms with E-state index in [0.717, 1.165) is 24.1 Å². The molecule has 0 aliphatic heterocycles. The molecule has 1 unspecified atom stereocenters. The van der Waals surface area contributed by atoms with Gasteiger partial charge in [-0.1, -0.05) is 20.3 Å². The van der Waals surface area contributed by atoms with E-state index in [2.05, 4.69) is 20.8 Å². The second-order valence-corrected chi connectivity index (χ2v) is 5.23. The molecule has 118 valence electrons. The number of carbonyl (C=O) groups is 2. The quantitative estimate of drug-likeness (QED) is 0.545. The van der Waals surface area contributed by atoms with Crippen molar-refractivity contribution < 1.29 is 14.7 Å². The number of H-pyrrole nitrogens is 1. The summed E-state index contributed by atoms with van der Waals surface area (Å²) in [5.74, 6) is -1.12. The molecule has 0 fully saturated rings. The van der Waals surface area contributed by atoms with Crippen molar-refractivity contribution in [2.45, 2.75) is 46.1 Å². The van der Waals surface area contributed by atoms with Gasteiger partial charge in [0.2, 0.25) is 0 Å². The Kier molecular flexibility index (Phi) is 6.71. The predicted octanol–water partition coefficient (Wildman–Crippen LogP) is 1.45. The average molecular weight is 296 g/mol. The van der Waals surface area contributed by atoms with E-state index in [1.54, 1.807) is 13.1 Å². The number of hydrogen-bond donors (Lipinski definition) is 4. The minimum Gasteiger partial charge on any atom is -0.480 e. The molecule has 7 heteroatoms. The van der Waals surface area contributed by atoms with Gasteiger partial charge in [0.1, 0.15) is 6.04 Å². The van der Waals surface area contributed by atoms with E-state index in [4.69, 9.17) is 5.11 Å². The molecule has 7 nitrogen and oxygen atoms in total. The van der Waals surface area contributed by atoms with Gasteiger partial charge in [0, 0.05) is 12.2 Å². The van der Waals surface area contributed by atoms with E-state index in [1.165, 1.54) is 0 Å². The van der Waals surface area contributed by atoms with Gasteiger partial charge in [0.05, 0.1) is 6.20 Å². The molecule has 1 heterocycles. The van der Waals surface area contributed by atoms with E-state index in [1.807, 2.05) is 13.8 Å². The van der Waals surface area contributed by atoms with Gasteiger partial charge < -0.3 is 15.7 Å². The van der Waals surface area contributed by atoms with Crippen molar-refractivity contribution in [3.63, 3.8) is 0 Å². The zero-order valence-electron chi connectivity index (χ0n) is 12.8. The van der Waals surface area contributed by atoms with Crippen LogP contribution in [-0.4, -0.2) is 39.9 Å². The number of carboxylic acid groups (broad SMARTS) is 1. The van der Waals surface area contributed by atoms with Gasteiger partial charge >= 0.3 is 12.0 Å². The number of hydrogen-bond acceptors (Lipinski definition) is 3. The summed E-state index contributed by atoms with van der Waals surface area (Å²) in [6, 6.07) is -1.29. The van der Waals surface area contributed by atoms with Crippen molar-refractivity contribution in [2.75, 3.05) is 6.54 Å². The Labute approximate surface area is 124 Å². The molecule has 0 saturated carbocycles. The lowest BCUT2D eigenvalue weighted by molar-refractivity contribution is -0.140. The highest BCUT2D eigenvalue weighted by atomic mass is 16.4. The summed E-state index contributed by atoms with van der Waals surface area (Å²) in [4.78, 5) is 22.8. The third-order valence-corrected chi connectivity index (χ3v) is 3.61. The van der Waals surface area contributed by atoms with Crippen LogP contribution in [0.1, 0.15) is 37.9 Å². The van der Waals surface area contributed by atoms with E-state index in [9.17, 15) is 9.59 Å². The maximum Gasteiger partial charge on any atom is 0.326 e. The average Bonchev–Trinajstić information content (AvgIpc) is 2.85. The van der Waals surface area contributed by atoms with Crippen molar-refractivity contribution in [3.05, 3.63) is 17.5 Å². The van der Waals surface area contributed by atoms with Crippen LogP contribution < -0.4 is 10.6 Å². The number of aromatic amines is 1. The number of amides is 2. The summed E-state index contributed by atoms with van der Waals surface area (Å²) >= 11 is 0. The topological polar surface area (TPSA) is 107 Å². The second-order valence-electron chi connectivity index (χ2n) is 5.23. The first-order chi connectivity index (χ1) is 9.95. The van der Waals surface area contributed by atoms with Crippen LogP contribution in [0.25, 0.3) is 0 Å². The summed E-state index contributed by atoms with van der Waals surface area (Å²) in [7, 11) is 0. The largest absolute Gasteiger partial charge is 0.480 e. The summed E-state index contributed by atoms with van der Waals surface area (Å²) in [6.07, 6.45) is 4.06. The lowest BCUT2D eigenvalue weighted by Crippen LogP contribution is -2.49.